The summed E-state index contributed by atoms with van der Waals surface area (Å²) in [5.74, 6) is -1.54. The Hall–Kier alpha value is -2.87. The van der Waals surface area contributed by atoms with E-state index in [2.05, 4.69) is 11.9 Å². The maximum atomic E-state index is 13.7. The number of thioether (sulfide) groups is 1. The van der Waals surface area contributed by atoms with Gasteiger partial charge < -0.3 is 10.2 Å². The zero-order valence-corrected chi connectivity index (χ0v) is 17.3. The molecule has 1 atom stereocenters. The molecular formula is C22H21F2N3O2S. The lowest BCUT2D eigenvalue weighted by Gasteiger charge is -2.33. The summed E-state index contributed by atoms with van der Waals surface area (Å²) in [6, 6.07) is 8.93. The minimum Gasteiger partial charge on any atom is -0.334 e. The minimum atomic E-state index is -1.18. The summed E-state index contributed by atoms with van der Waals surface area (Å²) in [6.07, 6.45) is 1.58. The summed E-state index contributed by atoms with van der Waals surface area (Å²) in [4.78, 5) is 28.5. The van der Waals surface area contributed by atoms with E-state index >= 15 is 0 Å². The summed E-state index contributed by atoms with van der Waals surface area (Å²) < 4.78 is 27.1. The SMILES string of the molecule is C=CCNC(=O)N1CCS[C@]12C(=O)N(Cc1ccc(F)c(F)c1)c1ccc(C)cc12. The summed E-state index contributed by atoms with van der Waals surface area (Å²) in [5.41, 5.74) is 2.85. The molecule has 156 valence electrons. The third kappa shape index (κ3) is 3.15. The third-order valence-electron chi connectivity index (χ3n) is 5.32. The van der Waals surface area contributed by atoms with Crippen LogP contribution in [0.3, 0.4) is 0 Å². The Labute approximate surface area is 177 Å². The van der Waals surface area contributed by atoms with Crippen molar-refractivity contribution in [1.82, 2.24) is 10.2 Å². The van der Waals surface area contributed by atoms with Crippen molar-refractivity contribution in [2.45, 2.75) is 18.3 Å². The number of hydrogen-bond donors (Lipinski definition) is 1. The lowest BCUT2D eigenvalue weighted by atomic mass is 10.0. The fourth-order valence-electron chi connectivity index (χ4n) is 3.96. The van der Waals surface area contributed by atoms with Crippen molar-refractivity contribution in [3.05, 3.63) is 77.4 Å². The van der Waals surface area contributed by atoms with Gasteiger partial charge in [0.2, 0.25) is 0 Å². The van der Waals surface area contributed by atoms with Crippen molar-refractivity contribution in [2.24, 2.45) is 0 Å². The number of carbonyl (C=O) groups excluding carboxylic acids is 2. The second-order valence-electron chi connectivity index (χ2n) is 7.28. The molecule has 2 aliphatic heterocycles. The van der Waals surface area contributed by atoms with Crippen molar-refractivity contribution >= 4 is 29.4 Å². The number of benzene rings is 2. The highest BCUT2D eigenvalue weighted by Gasteiger charge is 2.59. The van der Waals surface area contributed by atoms with Crippen LogP contribution in [-0.2, 0) is 16.2 Å². The van der Waals surface area contributed by atoms with Gasteiger partial charge in [-0.15, -0.1) is 18.3 Å². The zero-order valence-electron chi connectivity index (χ0n) is 16.5. The average Bonchev–Trinajstić information content (AvgIpc) is 3.26. The summed E-state index contributed by atoms with van der Waals surface area (Å²) >= 11 is 1.42. The smallest absolute Gasteiger partial charge is 0.319 e. The quantitative estimate of drug-likeness (QED) is 0.750. The number of aryl methyl sites for hydroxylation is 1. The van der Waals surface area contributed by atoms with E-state index in [1.807, 2.05) is 25.1 Å². The zero-order chi connectivity index (χ0) is 21.5. The van der Waals surface area contributed by atoms with Gasteiger partial charge in [0.1, 0.15) is 0 Å². The first-order chi connectivity index (χ1) is 14.4. The number of carbonyl (C=O) groups is 2. The first kappa shape index (κ1) is 20.4. The highest BCUT2D eigenvalue weighted by molar-refractivity contribution is 8.01. The number of nitrogens with zero attached hydrogens (tertiary/aromatic N) is 2. The summed E-state index contributed by atoms with van der Waals surface area (Å²) in [6.45, 7) is 6.34. The molecule has 30 heavy (non-hydrogen) atoms. The van der Waals surface area contributed by atoms with Crippen LogP contribution in [0.2, 0.25) is 0 Å². The molecule has 1 fully saturated rings. The first-order valence-corrected chi connectivity index (χ1v) is 10.5. The number of anilines is 1. The molecule has 1 spiro atoms. The highest BCUT2D eigenvalue weighted by Crippen LogP contribution is 2.54. The largest absolute Gasteiger partial charge is 0.334 e. The predicted molar refractivity (Wildman–Crippen MR) is 113 cm³/mol. The van der Waals surface area contributed by atoms with Crippen LogP contribution in [0, 0.1) is 18.6 Å². The van der Waals surface area contributed by atoms with Gasteiger partial charge in [-0.1, -0.05) is 29.8 Å². The van der Waals surface area contributed by atoms with Crippen molar-refractivity contribution in [3.8, 4) is 0 Å². The lowest BCUT2D eigenvalue weighted by molar-refractivity contribution is -0.123. The van der Waals surface area contributed by atoms with Gasteiger partial charge >= 0.3 is 6.03 Å². The van der Waals surface area contributed by atoms with E-state index in [4.69, 9.17) is 0 Å². The van der Waals surface area contributed by atoms with E-state index in [0.29, 0.717) is 30.1 Å². The summed E-state index contributed by atoms with van der Waals surface area (Å²) in [5, 5.41) is 2.76. The molecule has 1 saturated heterocycles. The molecule has 0 unspecified atom stereocenters. The molecule has 8 heteroatoms. The predicted octanol–water partition coefficient (Wildman–Crippen LogP) is 3.92. The Kier molecular flexibility index (Phi) is 5.27. The molecule has 4 rings (SSSR count). The second kappa shape index (κ2) is 7.75. The number of fused-ring (bicyclic) bond motifs is 2. The number of urea groups is 1. The maximum absolute atomic E-state index is 13.7. The van der Waals surface area contributed by atoms with Crippen molar-refractivity contribution in [2.75, 3.05) is 23.7 Å². The van der Waals surface area contributed by atoms with Crippen LogP contribution >= 0.6 is 11.8 Å². The molecular weight excluding hydrogens is 408 g/mol. The fourth-order valence-corrected chi connectivity index (χ4v) is 5.41. The van der Waals surface area contributed by atoms with Crippen molar-refractivity contribution < 1.29 is 18.4 Å². The van der Waals surface area contributed by atoms with Crippen LogP contribution in [0.25, 0.3) is 0 Å². The summed E-state index contributed by atoms with van der Waals surface area (Å²) in [7, 11) is 0. The Morgan fingerprint density at radius 1 is 1.27 bits per heavy atom. The van der Waals surface area contributed by atoms with Crippen LogP contribution < -0.4 is 10.2 Å². The average molecular weight is 429 g/mol. The Balaban J connectivity index is 1.77. The van der Waals surface area contributed by atoms with Gasteiger partial charge in [0.15, 0.2) is 16.5 Å². The van der Waals surface area contributed by atoms with E-state index in [1.165, 1.54) is 17.8 Å². The molecule has 1 N–H and O–H groups in total. The van der Waals surface area contributed by atoms with Crippen molar-refractivity contribution in [3.63, 3.8) is 0 Å². The van der Waals surface area contributed by atoms with Crippen LogP contribution in [0.1, 0.15) is 16.7 Å². The van der Waals surface area contributed by atoms with E-state index in [9.17, 15) is 18.4 Å². The molecule has 0 aromatic heterocycles. The van der Waals surface area contributed by atoms with E-state index in [0.717, 1.165) is 23.3 Å². The molecule has 5 nitrogen and oxygen atoms in total. The van der Waals surface area contributed by atoms with Gasteiger partial charge in [-0.05, 0) is 30.7 Å². The number of halogens is 2. The normalized spacial score (nSPS) is 20.0. The van der Waals surface area contributed by atoms with Gasteiger partial charge in [0.25, 0.3) is 5.91 Å². The van der Waals surface area contributed by atoms with Crippen LogP contribution in [-0.4, -0.2) is 35.7 Å². The molecule has 0 radical (unpaired) electrons. The lowest BCUT2D eigenvalue weighted by Crippen LogP contribution is -2.53. The fraction of sp³-hybridized carbons (Fsp3) is 0.273. The number of rotatable bonds is 4. The number of amides is 3. The standard InChI is InChI=1S/C22H21F2N3O2S/c1-3-8-25-21(29)27-9-10-30-22(27)16-11-14(2)4-7-19(16)26(20(22)28)13-15-5-6-17(23)18(24)12-15/h3-7,11-12H,1,8-10,13H2,2H3,(H,25,29)/t22-/m1/s1. The topological polar surface area (TPSA) is 52.7 Å². The van der Waals surface area contributed by atoms with Crippen molar-refractivity contribution in [1.29, 1.82) is 0 Å². The third-order valence-corrected chi connectivity index (χ3v) is 6.74. The molecule has 3 amide bonds. The highest BCUT2D eigenvalue weighted by atomic mass is 32.2. The van der Waals surface area contributed by atoms with E-state index < -0.39 is 16.5 Å². The maximum Gasteiger partial charge on any atom is 0.319 e. The van der Waals surface area contributed by atoms with Gasteiger partial charge in [-0.2, -0.15) is 0 Å². The molecule has 0 aliphatic carbocycles. The van der Waals surface area contributed by atoms with Crippen LogP contribution in [0.15, 0.2) is 49.1 Å². The van der Waals surface area contributed by atoms with Crippen LogP contribution in [0.4, 0.5) is 19.3 Å². The molecule has 2 aromatic carbocycles. The monoisotopic (exact) mass is 429 g/mol. The molecule has 0 saturated carbocycles. The second-order valence-corrected chi connectivity index (χ2v) is 8.57. The molecule has 2 aliphatic rings. The van der Waals surface area contributed by atoms with Gasteiger partial charge in [0, 0.05) is 24.4 Å². The van der Waals surface area contributed by atoms with Gasteiger partial charge in [-0.25, -0.2) is 13.6 Å². The molecule has 2 aromatic rings. The van der Waals surface area contributed by atoms with E-state index in [1.54, 1.807) is 15.9 Å². The number of nitrogens with one attached hydrogen (secondary N) is 1. The Morgan fingerprint density at radius 2 is 2.07 bits per heavy atom. The van der Waals surface area contributed by atoms with Gasteiger partial charge in [-0.3, -0.25) is 9.69 Å². The van der Waals surface area contributed by atoms with Gasteiger partial charge in [0.05, 0.1) is 12.2 Å². The Morgan fingerprint density at radius 3 is 2.80 bits per heavy atom. The Bertz CT molecular complexity index is 1050. The molecule has 2 heterocycles. The van der Waals surface area contributed by atoms with Crippen LogP contribution in [0.5, 0.6) is 0 Å². The molecule has 0 bridgehead atoms. The first-order valence-electron chi connectivity index (χ1n) is 9.56. The minimum absolute atomic E-state index is 0.0799. The number of hydrogen-bond acceptors (Lipinski definition) is 3. The van der Waals surface area contributed by atoms with E-state index in [-0.39, 0.29) is 18.5 Å².